The molecule has 4 atom stereocenters. The minimum Gasteiger partial charge on any atom is -0.393 e. The second-order valence-electron chi connectivity index (χ2n) is 11.3. The van der Waals surface area contributed by atoms with Gasteiger partial charge in [-0.1, -0.05) is 42.5 Å². The molecule has 3 aliphatic rings. The number of aliphatic hydroxyl groups is 2. The topological polar surface area (TPSA) is 99.1 Å². The van der Waals surface area contributed by atoms with E-state index in [-0.39, 0.29) is 11.7 Å². The van der Waals surface area contributed by atoms with E-state index in [1.807, 2.05) is 25.1 Å². The van der Waals surface area contributed by atoms with Crippen molar-refractivity contribution in [3.05, 3.63) is 74.8 Å². The number of hydrogen-bond donors (Lipinski definition) is 3. The summed E-state index contributed by atoms with van der Waals surface area (Å²) in [5.74, 6) is 0.569. The van der Waals surface area contributed by atoms with Gasteiger partial charge in [-0.15, -0.1) is 11.3 Å². The molecule has 1 aromatic carbocycles. The standard InChI is InChI=1S/C30H37N3O3S2/c1-19-5-4-13-29(3)25(12-14-30(29,36)17-37-28-31-18-32-33-28)23-10-8-21(15-22(34)9-6-19)16-24(23)27(35)26-11-7-20(2)38-26/h5,7-8,10-11,16,18,22,25,34,36H,4,6,9,12-15,17H2,1-3H3,(H,31,32,33). The molecule has 1 saturated carbocycles. The summed E-state index contributed by atoms with van der Waals surface area (Å²) in [5.41, 5.74) is 2.61. The summed E-state index contributed by atoms with van der Waals surface area (Å²) in [7, 11) is 0. The summed E-state index contributed by atoms with van der Waals surface area (Å²) < 4.78 is 0. The molecule has 0 radical (unpaired) electrons. The average molecular weight is 552 g/mol. The normalized spacial score (nSPS) is 28.1. The highest BCUT2D eigenvalue weighted by Crippen LogP contribution is 2.59. The summed E-state index contributed by atoms with van der Waals surface area (Å²) in [6, 6.07) is 10.1. The monoisotopic (exact) mass is 551 g/mol. The molecule has 202 valence electrons. The van der Waals surface area contributed by atoms with E-state index >= 15 is 0 Å². The Balaban J connectivity index is 1.59. The molecule has 0 saturated heterocycles. The van der Waals surface area contributed by atoms with E-state index in [0.29, 0.717) is 35.7 Å². The number of thiophene rings is 1. The molecule has 6 nitrogen and oxygen atoms in total. The number of aromatic nitrogens is 3. The third-order valence-electron chi connectivity index (χ3n) is 8.72. The summed E-state index contributed by atoms with van der Waals surface area (Å²) in [6.07, 6.45) is 8.47. The SMILES string of the molecule is CC1=CCCC2(C)C(CCC2(O)CSc2ncn[nH]2)c2ccc(cc2C(=O)c2ccc(C)s2)CC(O)CC1. The Kier molecular flexibility index (Phi) is 7.96. The number of nitrogens with zero attached hydrogens (tertiary/aromatic N) is 2. The molecule has 3 aromatic rings. The second-order valence-corrected chi connectivity index (χ2v) is 13.5. The van der Waals surface area contributed by atoms with E-state index in [1.54, 1.807) is 0 Å². The molecule has 0 aliphatic heterocycles. The van der Waals surface area contributed by atoms with Crippen molar-refractivity contribution in [1.82, 2.24) is 15.2 Å². The van der Waals surface area contributed by atoms with Crippen molar-refractivity contribution < 1.29 is 15.0 Å². The molecule has 2 bridgehead atoms. The maximum Gasteiger partial charge on any atom is 0.203 e. The van der Waals surface area contributed by atoms with Gasteiger partial charge in [-0.05, 0) is 94.0 Å². The van der Waals surface area contributed by atoms with Gasteiger partial charge in [0.2, 0.25) is 5.78 Å². The molecule has 3 N–H and O–H groups in total. The highest BCUT2D eigenvalue weighted by Gasteiger charge is 2.56. The number of rotatable bonds is 5. The molecule has 0 amide bonds. The Labute approximate surface area is 233 Å². The van der Waals surface area contributed by atoms with Gasteiger partial charge in [-0.3, -0.25) is 9.89 Å². The summed E-state index contributed by atoms with van der Waals surface area (Å²) in [6.45, 7) is 6.36. The van der Waals surface area contributed by atoms with Crippen LogP contribution in [0.2, 0.25) is 0 Å². The number of fused-ring (bicyclic) bond motifs is 8. The van der Waals surface area contributed by atoms with Crippen LogP contribution in [0.4, 0.5) is 0 Å². The van der Waals surface area contributed by atoms with E-state index in [2.05, 4.69) is 47.2 Å². The van der Waals surface area contributed by atoms with Crippen LogP contribution in [0.3, 0.4) is 0 Å². The first-order valence-electron chi connectivity index (χ1n) is 13.5. The van der Waals surface area contributed by atoms with Crippen LogP contribution in [0.15, 0.2) is 53.5 Å². The zero-order chi connectivity index (χ0) is 26.9. The molecule has 6 rings (SSSR count). The van der Waals surface area contributed by atoms with Crippen molar-refractivity contribution in [3.63, 3.8) is 0 Å². The minimum atomic E-state index is -0.928. The third-order valence-corrected chi connectivity index (χ3v) is 10.8. The minimum absolute atomic E-state index is 0.0263. The summed E-state index contributed by atoms with van der Waals surface area (Å²) in [4.78, 5) is 20.0. The maximum atomic E-state index is 13.9. The molecule has 2 aromatic heterocycles. The highest BCUT2D eigenvalue weighted by molar-refractivity contribution is 7.99. The number of allylic oxidation sites excluding steroid dienone is 2. The van der Waals surface area contributed by atoms with Gasteiger partial charge in [0, 0.05) is 21.6 Å². The highest BCUT2D eigenvalue weighted by atomic mass is 32.2. The molecule has 0 spiro atoms. The average Bonchev–Trinajstić information content (AvgIpc) is 3.62. The van der Waals surface area contributed by atoms with Crippen molar-refractivity contribution >= 4 is 28.9 Å². The van der Waals surface area contributed by atoms with Gasteiger partial charge in [-0.2, -0.15) is 5.10 Å². The van der Waals surface area contributed by atoms with Crippen LogP contribution in [0, 0.1) is 12.3 Å². The van der Waals surface area contributed by atoms with Gasteiger partial charge in [0.25, 0.3) is 0 Å². The molecule has 8 heteroatoms. The lowest BCUT2D eigenvalue weighted by Crippen LogP contribution is -2.46. The second kappa shape index (κ2) is 11.1. The first-order chi connectivity index (χ1) is 18.2. The molecule has 4 unspecified atom stereocenters. The lowest BCUT2D eigenvalue weighted by atomic mass is 9.65. The number of carbonyl (C=O) groups is 1. The van der Waals surface area contributed by atoms with E-state index in [0.717, 1.165) is 46.6 Å². The fourth-order valence-corrected chi connectivity index (χ4v) is 8.23. The number of thioether (sulfide) groups is 1. The van der Waals surface area contributed by atoms with E-state index in [9.17, 15) is 15.0 Å². The van der Waals surface area contributed by atoms with Crippen molar-refractivity contribution in [3.8, 4) is 0 Å². The Bertz CT molecular complexity index is 1320. The van der Waals surface area contributed by atoms with Crippen LogP contribution in [0.25, 0.3) is 0 Å². The first kappa shape index (κ1) is 27.3. The lowest BCUT2D eigenvalue weighted by Gasteiger charge is -2.44. The van der Waals surface area contributed by atoms with E-state index < -0.39 is 17.1 Å². The van der Waals surface area contributed by atoms with Crippen molar-refractivity contribution in [1.29, 1.82) is 0 Å². The van der Waals surface area contributed by atoms with Crippen molar-refractivity contribution in [2.45, 2.75) is 88.5 Å². The van der Waals surface area contributed by atoms with Crippen LogP contribution in [0.5, 0.6) is 0 Å². The fourth-order valence-electron chi connectivity index (χ4n) is 6.31. The molecule has 1 fully saturated rings. The number of carbonyl (C=O) groups excluding carboxylic acids is 1. The lowest BCUT2D eigenvalue weighted by molar-refractivity contribution is -0.0422. The van der Waals surface area contributed by atoms with Crippen molar-refractivity contribution in [2.24, 2.45) is 5.41 Å². The molecule has 3 aliphatic carbocycles. The first-order valence-corrected chi connectivity index (χ1v) is 15.3. The van der Waals surface area contributed by atoms with Gasteiger partial charge in [-0.25, -0.2) is 4.98 Å². The summed E-state index contributed by atoms with van der Waals surface area (Å²) >= 11 is 3.02. The van der Waals surface area contributed by atoms with Crippen LogP contribution in [0.1, 0.15) is 89.5 Å². The molecular formula is C30H37N3O3S2. The van der Waals surface area contributed by atoms with Gasteiger partial charge in [0.15, 0.2) is 5.16 Å². The molecule has 2 heterocycles. The van der Waals surface area contributed by atoms with Gasteiger partial charge < -0.3 is 10.2 Å². The number of nitrogens with one attached hydrogen (secondary N) is 1. The maximum absolute atomic E-state index is 13.9. The van der Waals surface area contributed by atoms with Gasteiger partial charge >= 0.3 is 0 Å². The van der Waals surface area contributed by atoms with Gasteiger partial charge in [0.05, 0.1) is 16.6 Å². The number of benzene rings is 1. The number of hydrogen-bond acceptors (Lipinski definition) is 7. The van der Waals surface area contributed by atoms with Crippen LogP contribution < -0.4 is 0 Å². The Hall–Kier alpha value is -2.26. The largest absolute Gasteiger partial charge is 0.393 e. The number of H-pyrrole nitrogens is 1. The Morgan fingerprint density at radius 1 is 1.21 bits per heavy atom. The van der Waals surface area contributed by atoms with Crippen LogP contribution in [-0.4, -0.2) is 48.6 Å². The zero-order valence-electron chi connectivity index (χ0n) is 22.4. The predicted molar refractivity (Wildman–Crippen MR) is 153 cm³/mol. The van der Waals surface area contributed by atoms with E-state index in [4.69, 9.17) is 0 Å². The predicted octanol–water partition coefficient (Wildman–Crippen LogP) is 6.24. The Morgan fingerprint density at radius 3 is 2.79 bits per heavy atom. The summed E-state index contributed by atoms with van der Waals surface area (Å²) in [5, 5.41) is 30.5. The zero-order valence-corrected chi connectivity index (χ0v) is 24.0. The third kappa shape index (κ3) is 5.41. The van der Waals surface area contributed by atoms with Crippen molar-refractivity contribution in [2.75, 3.05) is 5.75 Å². The number of aliphatic hydroxyl groups excluding tert-OH is 1. The number of aryl methyl sites for hydroxylation is 1. The number of aromatic amines is 1. The van der Waals surface area contributed by atoms with Crippen LogP contribution in [-0.2, 0) is 6.42 Å². The van der Waals surface area contributed by atoms with Gasteiger partial charge in [0.1, 0.15) is 6.33 Å². The van der Waals surface area contributed by atoms with E-state index in [1.165, 1.54) is 35.0 Å². The molecular weight excluding hydrogens is 514 g/mol. The fraction of sp³-hybridized carbons (Fsp3) is 0.500. The number of ketones is 1. The molecule has 38 heavy (non-hydrogen) atoms. The Morgan fingerprint density at radius 2 is 2.05 bits per heavy atom. The quantitative estimate of drug-likeness (QED) is 0.197. The van der Waals surface area contributed by atoms with Crippen LogP contribution >= 0.6 is 23.1 Å². The smallest absolute Gasteiger partial charge is 0.203 e.